The van der Waals surface area contributed by atoms with E-state index in [0.29, 0.717) is 18.8 Å². The molecule has 2 heterocycles. The predicted octanol–water partition coefficient (Wildman–Crippen LogP) is 1.96. The van der Waals surface area contributed by atoms with Crippen LogP contribution in [0.4, 0.5) is 0 Å². The van der Waals surface area contributed by atoms with Crippen LogP contribution in [0.5, 0.6) is 0 Å². The third-order valence-electron chi connectivity index (χ3n) is 5.36. The van der Waals surface area contributed by atoms with Crippen LogP contribution >= 0.6 is 0 Å². The fraction of sp³-hybridized carbons (Fsp3) is 1.00. The summed E-state index contributed by atoms with van der Waals surface area (Å²) < 4.78 is 0. The zero-order valence-corrected chi connectivity index (χ0v) is 11.5. The lowest BCUT2D eigenvalue weighted by atomic mass is 9.88. The van der Waals surface area contributed by atoms with Gasteiger partial charge < -0.3 is 10.4 Å². The smallest absolute Gasteiger partial charge is 0.0630 e. The lowest BCUT2D eigenvalue weighted by Crippen LogP contribution is -2.51. The third-order valence-corrected chi connectivity index (χ3v) is 5.36. The van der Waals surface area contributed by atoms with Crippen molar-refractivity contribution in [3.05, 3.63) is 0 Å². The van der Waals surface area contributed by atoms with Gasteiger partial charge in [-0.05, 0) is 50.5 Å². The van der Waals surface area contributed by atoms with Gasteiger partial charge in [0.15, 0.2) is 0 Å². The van der Waals surface area contributed by atoms with E-state index in [4.69, 9.17) is 0 Å². The third kappa shape index (κ3) is 2.59. The zero-order valence-electron chi connectivity index (χ0n) is 11.5. The number of fused-ring (bicyclic) bond motifs is 1. The largest absolute Gasteiger partial charge is 0.395 e. The first-order valence-electron chi connectivity index (χ1n) is 7.98. The van der Waals surface area contributed by atoms with E-state index in [1.54, 1.807) is 0 Å². The number of aliphatic hydroxyl groups is 1. The average Bonchev–Trinajstić information content (AvgIpc) is 2.78. The molecular weight excluding hydrogens is 224 g/mol. The molecule has 0 aromatic carbocycles. The van der Waals surface area contributed by atoms with Gasteiger partial charge in [0.2, 0.25) is 0 Å². The zero-order chi connectivity index (χ0) is 12.4. The molecule has 3 unspecified atom stereocenters. The second-order valence-corrected chi connectivity index (χ2v) is 6.57. The number of piperidine rings is 1. The van der Waals surface area contributed by atoms with Crippen molar-refractivity contribution in [3.63, 3.8) is 0 Å². The Balaban J connectivity index is 1.63. The Morgan fingerprint density at radius 3 is 2.67 bits per heavy atom. The summed E-state index contributed by atoms with van der Waals surface area (Å²) in [6.07, 6.45) is 11.5. The van der Waals surface area contributed by atoms with Crippen LogP contribution in [0.1, 0.15) is 51.4 Å². The molecule has 3 aliphatic rings. The fourth-order valence-electron chi connectivity index (χ4n) is 4.40. The van der Waals surface area contributed by atoms with Crippen LogP contribution < -0.4 is 5.32 Å². The molecule has 0 aromatic heterocycles. The first-order valence-corrected chi connectivity index (χ1v) is 7.98. The normalized spacial score (nSPS) is 38.8. The van der Waals surface area contributed by atoms with Gasteiger partial charge in [-0.1, -0.05) is 19.3 Å². The molecule has 2 saturated heterocycles. The van der Waals surface area contributed by atoms with E-state index in [9.17, 15) is 5.11 Å². The Hall–Kier alpha value is -0.120. The van der Waals surface area contributed by atoms with E-state index in [0.717, 1.165) is 11.8 Å². The molecule has 3 rings (SSSR count). The molecule has 0 bridgehead atoms. The molecule has 1 aliphatic carbocycles. The van der Waals surface area contributed by atoms with Gasteiger partial charge in [-0.2, -0.15) is 0 Å². The van der Waals surface area contributed by atoms with E-state index in [-0.39, 0.29) is 0 Å². The van der Waals surface area contributed by atoms with Gasteiger partial charge in [-0.3, -0.25) is 4.90 Å². The van der Waals surface area contributed by atoms with Gasteiger partial charge in [0.1, 0.15) is 0 Å². The minimum atomic E-state index is 0.349. The van der Waals surface area contributed by atoms with E-state index >= 15 is 0 Å². The van der Waals surface area contributed by atoms with E-state index in [2.05, 4.69) is 10.2 Å². The Labute approximate surface area is 111 Å². The topological polar surface area (TPSA) is 35.5 Å². The highest BCUT2D eigenvalue weighted by molar-refractivity contribution is 4.95. The highest BCUT2D eigenvalue weighted by Crippen LogP contribution is 2.36. The highest BCUT2D eigenvalue weighted by atomic mass is 16.3. The van der Waals surface area contributed by atoms with Crippen LogP contribution in [-0.4, -0.2) is 41.9 Å². The van der Waals surface area contributed by atoms with Gasteiger partial charge in [-0.25, -0.2) is 0 Å². The second kappa shape index (κ2) is 5.89. The Morgan fingerprint density at radius 2 is 1.89 bits per heavy atom. The van der Waals surface area contributed by atoms with Crippen molar-refractivity contribution >= 4 is 0 Å². The number of nitrogens with zero attached hydrogens (tertiary/aromatic N) is 1. The molecule has 0 spiro atoms. The minimum absolute atomic E-state index is 0.349. The molecular formula is C15H28N2O. The standard InChI is InChI=1S/C15H28N2O/c18-11-14-9-13-7-4-8-16-15(13)17(14)10-12-5-2-1-3-6-12/h12-16,18H,1-11H2. The molecule has 3 fully saturated rings. The Morgan fingerprint density at radius 1 is 1.06 bits per heavy atom. The van der Waals surface area contributed by atoms with Crippen LogP contribution in [0.15, 0.2) is 0 Å². The lowest BCUT2D eigenvalue weighted by Gasteiger charge is -2.37. The van der Waals surface area contributed by atoms with Crippen molar-refractivity contribution in [1.82, 2.24) is 10.2 Å². The van der Waals surface area contributed by atoms with E-state index in [1.165, 1.54) is 64.5 Å². The molecule has 3 heteroatoms. The molecule has 2 aliphatic heterocycles. The minimum Gasteiger partial charge on any atom is -0.395 e. The van der Waals surface area contributed by atoms with Crippen LogP contribution in [-0.2, 0) is 0 Å². The summed E-state index contributed by atoms with van der Waals surface area (Å²) in [6, 6.07) is 0.424. The maximum Gasteiger partial charge on any atom is 0.0630 e. The molecule has 104 valence electrons. The predicted molar refractivity (Wildman–Crippen MR) is 73.3 cm³/mol. The van der Waals surface area contributed by atoms with Gasteiger partial charge in [0, 0.05) is 12.6 Å². The van der Waals surface area contributed by atoms with E-state index in [1.807, 2.05) is 0 Å². The van der Waals surface area contributed by atoms with Crippen molar-refractivity contribution in [1.29, 1.82) is 0 Å². The van der Waals surface area contributed by atoms with Crippen molar-refractivity contribution in [3.8, 4) is 0 Å². The fourth-order valence-corrected chi connectivity index (χ4v) is 4.40. The second-order valence-electron chi connectivity index (χ2n) is 6.57. The number of nitrogens with one attached hydrogen (secondary N) is 1. The first-order chi connectivity index (χ1) is 8.88. The first kappa shape index (κ1) is 12.9. The number of aliphatic hydroxyl groups excluding tert-OH is 1. The van der Waals surface area contributed by atoms with Crippen molar-refractivity contribution in [2.45, 2.75) is 63.6 Å². The van der Waals surface area contributed by atoms with Crippen molar-refractivity contribution < 1.29 is 5.11 Å². The summed E-state index contributed by atoms with van der Waals surface area (Å²) in [5, 5.41) is 13.3. The summed E-state index contributed by atoms with van der Waals surface area (Å²) in [5.74, 6) is 1.68. The van der Waals surface area contributed by atoms with Crippen molar-refractivity contribution in [2.75, 3.05) is 19.7 Å². The van der Waals surface area contributed by atoms with Gasteiger partial charge in [0.25, 0.3) is 0 Å². The SMILES string of the molecule is OCC1CC2CCCNC2N1CC1CCCCC1. The lowest BCUT2D eigenvalue weighted by molar-refractivity contribution is 0.0760. The molecule has 18 heavy (non-hydrogen) atoms. The summed E-state index contributed by atoms with van der Waals surface area (Å²) in [6.45, 7) is 2.74. The number of hydrogen-bond acceptors (Lipinski definition) is 3. The summed E-state index contributed by atoms with van der Waals surface area (Å²) >= 11 is 0. The van der Waals surface area contributed by atoms with Crippen LogP contribution in [0.2, 0.25) is 0 Å². The molecule has 0 aromatic rings. The van der Waals surface area contributed by atoms with Crippen LogP contribution in [0.3, 0.4) is 0 Å². The van der Waals surface area contributed by atoms with E-state index < -0.39 is 0 Å². The monoisotopic (exact) mass is 252 g/mol. The molecule has 1 saturated carbocycles. The maximum absolute atomic E-state index is 9.64. The number of rotatable bonds is 3. The highest BCUT2D eigenvalue weighted by Gasteiger charge is 2.42. The molecule has 2 N–H and O–H groups in total. The van der Waals surface area contributed by atoms with Crippen LogP contribution in [0, 0.1) is 11.8 Å². The summed E-state index contributed by atoms with van der Waals surface area (Å²) in [5.41, 5.74) is 0. The average molecular weight is 252 g/mol. The quantitative estimate of drug-likeness (QED) is 0.806. The van der Waals surface area contributed by atoms with Gasteiger partial charge in [0.05, 0.1) is 12.8 Å². The van der Waals surface area contributed by atoms with Crippen molar-refractivity contribution in [2.24, 2.45) is 11.8 Å². The summed E-state index contributed by atoms with van der Waals surface area (Å²) in [7, 11) is 0. The molecule has 3 atom stereocenters. The summed E-state index contributed by atoms with van der Waals surface area (Å²) in [4.78, 5) is 2.61. The Kier molecular flexibility index (Phi) is 4.22. The van der Waals surface area contributed by atoms with Gasteiger partial charge >= 0.3 is 0 Å². The Bertz CT molecular complexity index is 265. The maximum atomic E-state index is 9.64. The molecule has 0 radical (unpaired) electrons. The van der Waals surface area contributed by atoms with Crippen LogP contribution in [0.25, 0.3) is 0 Å². The van der Waals surface area contributed by atoms with Gasteiger partial charge in [-0.15, -0.1) is 0 Å². The number of likely N-dealkylation sites (tertiary alicyclic amines) is 1. The number of hydrogen-bond donors (Lipinski definition) is 2. The molecule has 0 amide bonds. The molecule has 3 nitrogen and oxygen atoms in total.